The van der Waals surface area contributed by atoms with Crippen molar-refractivity contribution in [3.8, 4) is 0 Å². The van der Waals surface area contributed by atoms with Gasteiger partial charge in [-0.2, -0.15) is 0 Å². The standard InChI is InChI=1S/C19H22N4.Fe/c1-3-14-10-16-5-7-18(22-16)19-8-6-17(23-19)11-15-4-2-13(21-15)9-12(1)20-14;/h9-11,18-19,22H,1-8H2;/b12-9-,15-11-,16-10-;. The molecule has 24 heavy (non-hydrogen) atoms. The smallest absolute Gasteiger partial charge is 0.0707 e. The molecule has 0 saturated carbocycles. The van der Waals surface area contributed by atoms with Crippen molar-refractivity contribution in [3.63, 3.8) is 0 Å². The number of allylic oxidation sites excluding steroid dienone is 6. The second-order valence-corrected chi connectivity index (χ2v) is 7.16. The van der Waals surface area contributed by atoms with Crippen molar-refractivity contribution >= 4 is 17.1 Å². The zero-order valence-electron chi connectivity index (χ0n) is 13.7. The van der Waals surface area contributed by atoms with Crippen LogP contribution in [-0.2, 0) is 17.1 Å². The SMILES string of the molecule is C1=C2/CCC(=N2)/C=C2/CCC(N2)C2CCC(=N2)/C=C2/CCC/1=N2.[Fe]. The zero-order valence-corrected chi connectivity index (χ0v) is 14.8. The summed E-state index contributed by atoms with van der Waals surface area (Å²) in [5, 5.41) is 3.71. The van der Waals surface area contributed by atoms with E-state index in [0.29, 0.717) is 12.1 Å². The average molecular weight is 362 g/mol. The Morgan fingerprint density at radius 2 is 1.46 bits per heavy atom. The van der Waals surface area contributed by atoms with Crippen LogP contribution in [0.25, 0.3) is 0 Å². The topological polar surface area (TPSA) is 49.1 Å². The number of hydrogen-bond acceptors (Lipinski definition) is 4. The maximum Gasteiger partial charge on any atom is 0.0707 e. The summed E-state index contributed by atoms with van der Waals surface area (Å²) in [5.74, 6) is 0. The molecule has 5 aliphatic heterocycles. The van der Waals surface area contributed by atoms with Gasteiger partial charge in [-0.15, -0.1) is 0 Å². The molecule has 126 valence electrons. The Morgan fingerprint density at radius 1 is 0.750 bits per heavy atom. The summed E-state index contributed by atoms with van der Waals surface area (Å²) < 4.78 is 0. The summed E-state index contributed by atoms with van der Waals surface area (Å²) in [6.07, 6.45) is 15.5. The zero-order chi connectivity index (χ0) is 15.2. The van der Waals surface area contributed by atoms with Gasteiger partial charge >= 0.3 is 0 Å². The largest absolute Gasteiger partial charge is 0.383 e. The van der Waals surface area contributed by atoms with Crippen LogP contribution in [0.3, 0.4) is 0 Å². The number of rotatable bonds is 0. The number of hydrogen-bond donors (Lipinski definition) is 1. The van der Waals surface area contributed by atoms with Crippen LogP contribution >= 0.6 is 0 Å². The van der Waals surface area contributed by atoms with E-state index in [2.05, 4.69) is 23.5 Å². The first-order valence-electron chi connectivity index (χ1n) is 8.92. The van der Waals surface area contributed by atoms with Crippen LogP contribution in [0.2, 0.25) is 0 Å². The molecule has 1 fully saturated rings. The number of aliphatic imine (C=N–C) groups is 3. The van der Waals surface area contributed by atoms with Gasteiger partial charge in [-0.05, 0) is 69.6 Å². The van der Waals surface area contributed by atoms with Crippen LogP contribution in [-0.4, -0.2) is 29.2 Å². The van der Waals surface area contributed by atoms with Gasteiger partial charge in [0.2, 0.25) is 0 Å². The summed E-state index contributed by atoms with van der Waals surface area (Å²) in [6.45, 7) is 0. The molecule has 5 aliphatic rings. The van der Waals surface area contributed by atoms with Gasteiger partial charge in [0.1, 0.15) is 0 Å². The maximum absolute atomic E-state index is 4.98. The Hall–Kier alpha value is -1.45. The van der Waals surface area contributed by atoms with E-state index in [0.717, 1.165) is 38.5 Å². The second-order valence-electron chi connectivity index (χ2n) is 7.16. The first-order chi connectivity index (χ1) is 11.3. The minimum Gasteiger partial charge on any atom is -0.383 e. The number of nitrogens with one attached hydrogen (secondary N) is 1. The van der Waals surface area contributed by atoms with E-state index in [1.165, 1.54) is 47.1 Å². The van der Waals surface area contributed by atoms with Gasteiger partial charge in [0.25, 0.3) is 0 Å². The number of nitrogens with zero attached hydrogens (tertiary/aromatic N) is 3. The van der Waals surface area contributed by atoms with Gasteiger partial charge < -0.3 is 5.32 Å². The fraction of sp³-hybridized carbons (Fsp3) is 0.526. The van der Waals surface area contributed by atoms with E-state index in [4.69, 9.17) is 15.0 Å². The molecule has 1 N–H and O–H groups in total. The van der Waals surface area contributed by atoms with E-state index in [-0.39, 0.29) is 17.1 Å². The molecule has 0 aliphatic carbocycles. The molecule has 0 aromatic rings. The fourth-order valence-corrected chi connectivity index (χ4v) is 4.24. The van der Waals surface area contributed by atoms with Crippen LogP contribution in [0.1, 0.15) is 51.4 Å². The van der Waals surface area contributed by atoms with Crippen molar-refractivity contribution in [1.82, 2.24) is 5.32 Å². The van der Waals surface area contributed by atoms with Crippen molar-refractivity contribution in [2.24, 2.45) is 15.0 Å². The predicted molar refractivity (Wildman–Crippen MR) is 94.2 cm³/mol. The van der Waals surface area contributed by atoms with Crippen LogP contribution < -0.4 is 5.32 Å². The Labute approximate surface area is 153 Å². The van der Waals surface area contributed by atoms with Crippen molar-refractivity contribution in [2.45, 2.75) is 63.5 Å². The van der Waals surface area contributed by atoms with E-state index >= 15 is 0 Å². The van der Waals surface area contributed by atoms with E-state index in [1.807, 2.05) is 0 Å². The minimum absolute atomic E-state index is 0. The second kappa shape index (κ2) is 6.45. The van der Waals surface area contributed by atoms with E-state index < -0.39 is 0 Å². The Kier molecular flexibility index (Phi) is 4.31. The molecule has 0 aromatic heterocycles. The molecule has 2 atom stereocenters. The molecule has 8 bridgehead atoms. The third-order valence-electron chi connectivity index (χ3n) is 5.44. The normalized spacial score (nSPS) is 37.2. The molecule has 5 heteroatoms. The molecular weight excluding hydrogens is 340 g/mol. The van der Waals surface area contributed by atoms with Crippen molar-refractivity contribution < 1.29 is 17.1 Å². The average Bonchev–Trinajstić information content (AvgIpc) is 3.28. The summed E-state index contributed by atoms with van der Waals surface area (Å²) in [6, 6.07) is 0.934. The first-order valence-corrected chi connectivity index (χ1v) is 8.92. The van der Waals surface area contributed by atoms with Crippen molar-refractivity contribution in [2.75, 3.05) is 0 Å². The van der Waals surface area contributed by atoms with Gasteiger partial charge in [0.05, 0.1) is 6.04 Å². The van der Waals surface area contributed by atoms with Crippen LogP contribution in [0, 0.1) is 0 Å². The van der Waals surface area contributed by atoms with Gasteiger partial charge in [0.15, 0.2) is 0 Å². The molecule has 1 saturated heterocycles. The number of fused-ring (bicyclic) bond motifs is 6. The predicted octanol–water partition coefficient (Wildman–Crippen LogP) is 3.47. The molecule has 4 nitrogen and oxygen atoms in total. The molecule has 2 unspecified atom stereocenters. The molecule has 5 rings (SSSR count). The first kappa shape index (κ1) is 16.0. The maximum atomic E-state index is 4.98. The third kappa shape index (κ3) is 3.07. The summed E-state index contributed by atoms with van der Waals surface area (Å²) >= 11 is 0. The third-order valence-corrected chi connectivity index (χ3v) is 5.44. The van der Waals surface area contributed by atoms with E-state index in [9.17, 15) is 0 Å². The molecule has 0 spiro atoms. The van der Waals surface area contributed by atoms with Gasteiger partial charge in [-0.25, -0.2) is 0 Å². The van der Waals surface area contributed by atoms with Crippen molar-refractivity contribution in [1.29, 1.82) is 0 Å². The molecule has 5 heterocycles. The summed E-state index contributed by atoms with van der Waals surface area (Å²) in [4.78, 5) is 14.6. The fourth-order valence-electron chi connectivity index (χ4n) is 4.24. The van der Waals surface area contributed by atoms with Gasteiger partial charge in [-0.3, -0.25) is 15.0 Å². The van der Waals surface area contributed by atoms with E-state index in [1.54, 1.807) is 0 Å². The van der Waals surface area contributed by atoms with Gasteiger partial charge in [-0.1, -0.05) is 0 Å². The van der Waals surface area contributed by atoms with Crippen LogP contribution in [0.4, 0.5) is 0 Å². The van der Waals surface area contributed by atoms with Crippen LogP contribution in [0.15, 0.2) is 50.3 Å². The molecular formula is C19H22FeN4. The van der Waals surface area contributed by atoms with Gasteiger partial charge in [0, 0.05) is 57.3 Å². The molecule has 0 amide bonds. The Bertz CT molecular complexity index is 738. The Morgan fingerprint density at radius 3 is 2.25 bits per heavy atom. The molecule has 0 aromatic carbocycles. The monoisotopic (exact) mass is 362 g/mol. The summed E-state index contributed by atoms with van der Waals surface area (Å²) in [7, 11) is 0. The minimum atomic E-state index is 0. The Balaban J connectivity index is 0.00000146. The van der Waals surface area contributed by atoms with Crippen molar-refractivity contribution in [3.05, 3.63) is 35.3 Å². The molecule has 0 radical (unpaired) electrons. The summed E-state index contributed by atoms with van der Waals surface area (Å²) in [5.41, 5.74) is 7.41. The van der Waals surface area contributed by atoms with Crippen LogP contribution in [0.5, 0.6) is 0 Å². The quantitative estimate of drug-likeness (QED) is 0.659.